The third-order valence-electron chi connectivity index (χ3n) is 4.50. The number of rotatable bonds is 1. The summed E-state index contributed by atoms with van der Waals surface area (Å²) in [6, 6.07) is 3.79. The Labute approximate surface area is 133 Å². The van der Waals surface area contributed by atoms with Crippen LogP contribution in [0.25, 0.3) is 11.0 Å². The predicted molar refractivity (Wildman–Crippen MR) is 86.5 cm³/mol. The number of hydrogen-bond donors (Lipinski definition) is 0. The van der Waals surface area contributed by atoms with Crippen molar-refractivity contribution in [3.63, 3.8) is 0 Å². The highest BCUT2D eigenvalue weighted by atomic mass is 16.1. The zero-order valence-electron chi connectivity index (χ0n) is 12.9. The van der Waals surface area contributed by atoms with E-state index in [1.165, 1.54) is 11.1 Å². The fourth-order valence-corrected chi connectivity index (χ4v) is 3.15. The molecule has 0 fully saturated rings. The molecule has 0 N–H and O–H groups in total. The quantitative estimate of drug-likeness (QED) is 0.646. The van der Waals surface area contributed by atoms with Crippen molar-refractivity contribution >= 4 is 17.3 Å². The number of fused-ring (bicyclic) bond motifs is 3. The number of benzene rings is 1. The molecule has 0 aliphatic heterocycles. The lowest BCUT2D eigenvalue weighted by atomic mass is 9.95. The summed E-state index contributed by atoms with van der Waals surface area (Å²) in [7, 11) is 0. The Balaban J connectivity index is 1.81. The number of carbonyl (C=O) groups excluding carboxylic acids is 1. The summed E-state index contributed by atoms with van der Waals surface area (Å²) in [6.07, 6.45) is 8.07. The van der Waals surface area contributed by atoms with E-state index in [-0.39, 0.29) is 0 Å². The highest BCUT2D eigenvalue weighted by Crippen LogP contribution is 2.22. The predicted octanol–water partition coefficient (Wildman–Crippen LogP) is 2.42. The van der Waals surface area contributed by atoms with Crippen molar-refractivity contribution in [2.75, 3.05) is 0 Å². The molecular weight excluding hydrogens is 288 g/mol. The maximum atomic E-state index is 11.1. The van der Waals surface area contributed by atoms with Gasteiger partial charge in [0.1, 0.15) is 6.29 Å². The van der Waals surface area contributed by atoms with Crippen LogP contribution in [-0.2, 0) is 25.7 Å². The minimum atomic E-state index is 0.679. The van der Waals surface area contributed by atoms with Gasteiger partial charge in [-0.1, -0.05) is 0 Å². The summed E-state index contributed by atoms with van der Waals surface area (Å²) in [5.41, 5.74) is 7.85. The minimum Gasteiger partial charge on any atom is -0.298 e. The van der Waals surface area contributed by atoms with E-state index in [2.05, 4.69) is 10.2 Å². The zero-order valence-corrected chi connectivity index (χ0v) is 12.9. The summed E-state index contributed by atoms with van der Waals surface area (Å²) < 4.78 is 0. The topological polar surface area (TPSA) is 68.6 Å². The number of aldehydes is 1. The van der Waals surface area contributed by atoms with Gasteiger partial charge >= 0.3 is 0 Å². The van der Waals surface area contributed by atoms with Gasteiger partial charge in [-0.05, 0) is 61.4 Å². The molecule has 0 amide bonds. The maximum absolute atomic E-state index is 11.1. The van der Waals surface area contributed by atoms with Crippen molar-refractivity contribution in [2.24, 2.45) is 0 Å². The van der Waals surface area contributed by atoms with Crippen LogP contribution in [0.5, 0.6) is 0 Å². The molecule has 1 aliphatic carbocycles. The van der Waals surface area contributed by atoms with Crippen LogP contribution in [-0.4, -0.2) is 26.5 Å². The molecule has 0 atom stereocenters. The van der Waals surface area contributed by atoms with Gasteiger partial charge in [0.2, 0.25) is 0 Å². The van der Waals surface area contributed by atoms with E-state index in [9.17, 15) is 4.79 Å². The minimum absolute atomic E-state index is 0.679. The smallest absolute Gasteiger partial charge is 0.150 e. The average Bonchev–Trinajstić information content (AvgIpc) is 2.56. The van der Waals surface area contributed by atoms with Gasteiger partial charge in [-0.2, -0.15) is 10.2 Å². The van der Waals surface area contributed by atoms with E-state index in [0.29, 0.717) is 5.56 Å². The van der Waals surface area contributed by atoms with Crippen molar-refractivity contribution in [3.05, 3.63) is 58.2 Å². The Morgan fingerprint density at radius 3 is 2.00 bits per heavy atom. The second kappa shape index (κ2) is 5.50. The van der Waals surface area contributed by atoms with Gasteiger partial charge in [0.15, 0.2) is 0 Å². The first-order valence-electron chi connectivity index (χ1n) is 7.78. The van der Waals surface area contributed by atoms with Gasteiger partial charge in [-0.15, -0.1) is 0 Å². The third-order valence-corrected chi connectivity index (χ3v) is 4.50. The van der Waals surface area contributed by atoms with Crippen LogP contribution in [0.4, 0.5) is 0 Å². The molecule has 5 heteroatoms. The first-order chi connectivity index (χ1) is 11.2. The first-order valence-corrected chi connectivity index (χ1v) is 7.78. The Hall–Kier alpha value is -2.69. The number of aryl methyl sites for hydroxylation is 5. The largest absolute Gasteiger partial charge is 0.298 e. The Morgan fingerprint density at radius 1 is 0.870 bits per heavy atom. The maximum Gasteiger partial charge on any atom is 0.150 e. The zero-order chi connectivity index (χ0) is 15.8. The monoisotopic (exact) mass is 304 g/mol. The van der Waals surface area contributed by atoms with Gasteiger partial charge in [-0.25, -0.2) is 9.97 Å². The molecular formula is C18H16N4O. The fourth-order valence-electron chi connectivity index (χ4n) is 3.15. The van der Waals surface area contributed by atoms with Crippen LogP contribution in [0.1, 0.15) is 38.4 Å². The molecule has 1 aliphatic rings. The van der Waals surface area contributed by atoms with Crippen LogP contribution < -0.4 is 0 Å². The molecule has 114 valence electrons. The lowest BCUT2D eigenvalue weighted by Gasteiger charge is -2.15. The van der Waals surface area contributed by atoms with E-state index in [4.69, 9.17) is 9.97 Å². The number of aromatic nitrogens is 4. The normalized spacial score (nSPS) is 13.8. The first kappa shape index (κ1) is 13.9. The van der Waals surface area contributed by atoms with E-state index >= 15 is 0 Å². The van der Waals surface area contributed by atoms with Crippen molar-refractivity contribution in [3.8, 4) is 0 Å². The summed E-state index contributed by atoms with van der Waals surface area (Å²) in [6.45, 7) is 1.93. The summed E-state index contributed by atoms with van der Waals surface area (Å²) >= 11 is 0. The molecule has 0 saturated carbocycles. The van der Waals surface area contributed by atoms with Gasteiger partial charge in [0, 0.05) is 5.56 Å². The SMILES string of the molecule is Cc1cc2nc3c(nc2cc1C=O)CCc1cnncc1CC3. The van der Waals surface area contributed by atoms with Crippen LogP contribution in [0.2, 0.25) is 0 Å². The molecule has 5 nitrogen and oxygen atoms in total. The van der Waals surface area contributed by atoms with Gasteiger partial charge in [0.25, 0.3) is 0 Å². The van der Waals surface area contributed by atoms with Crippen molar-refractivity contribution in [1.29, 1.82) is 0 Å². The van der Waals surface area contributed by atoms with Crippen LogP contribution in [0.15, 0.2) is 24.5 Å². The van der Waals surface area contributed by atoms with Crippen LogP contribution in [0.3, 0.4) is 0 Å². The number of carbonyl (C=O) groups is 1. The second-order valence-electron chi connectivity index (χ2n) is 5.97. The van der Waals surface area contributed by atoms with E-state index < -0.39 is 0 Å². The highest BCUT2D eigenvalue weighted by Gasteiger charge is 2.15. The van der Waals surface area contributed by atoms with Gasteiger partial charge in [-0.3, -0.25) is 4.79 Å². The lowest BCUT2D eigenvalue weighted by molar-refractivity contribution is 0.112. The number of nitrogens with zero attached hydrogens (tertiary/aromatic N) is 4. The van der Waals surface area contributed by atoms with E-state index in [1.807, 2.05) is 31.5 Å². The standard InChI is InChI=1S/C18H16N4O/c1-11-6-17-18(7-14(11)10-23)22-16-5-3-13-9-20-19-8-12(13)2-4-15(16)21-17/h6-10H,2-5H2,1H3. The molecule has 0 unspecified atom stereocenters. The van der Waals surface area contributed by atoms with Crippen molar-refractivity contribution in [1.82, 2.24) is 20.2 Å². The summed E-state index contributed by atoms with van der Waals surface area (Å²) in [4.78, 5) is 20.7. The average molecular weight is 304 g/mol. The van der Waals surface area contributed by atoms with Crippen LogP contribution >= 0.6 is 0 Å². The van der Waals surface area contributed by atoms with Gasteiger partial charge in [0.05, 0.1) is 34.8 Å². The molecule has 2 aromatic heterocycles. The molecule has 0 saturated heterocycles. The molecule has 0 radical (unpaired) electrons. The molecule has 1 aromatic carbocycles. The molecule has 23 heavy (non-hydrogen) atoms. The molecule has 0 spiro atoms. The summed E-state index contributed by atoms with van der Waals surface area (Å²) in [5.74, 6) is 0. The third kappa shape index (κ3) is 2.48. The molecule has 0 bridgehead atoms. The summed E-state index contributed by atoms with van der Waals surface area (Å²) in [5, 5.41) is 7.97. The van der Waals surface area contributed by atoms with Crippen molar-refractivity contribution in [2.45, 2.75) is 32.6 Å². The van der Waals surface area contributed by atoms with E-state index in [1.54, 1.807) is 0 Å². The lowest BCUT2D eigenvalue weighted by Crippen LogP contribution is -2.11. The van der Waals surface area contributed by atoms with Gasteiger partial charge < -0.3 is 0 Å². The molecule has 3 aromatic rings. The van der Waals surface area contributed by atoms with Crippen molar-refractivity contribution < 1.29 is 4.79 Å². The highest BCUT2D eigenvalue weighted by molar-refractivity contribution is 5.86. The Bertz CT molecular complexity index is 920. The fraction of sp³-hybridized carbons (Fsp3) is 0.278. The van der Waals surface area contributed by atoms with E-state index in [0.717, 1.165) is 60.0 Å². The van der Waals surface area contributed by atoms with Crippen LogP contribution in [0, 0.1) is 6.92 Å². The number of hydrogen-bond acceptors (Lipinski definition) is 5. The second-order valence-corrected chi connectivity index (χ2v) is 5.97. The Kier molecular flexibility index (Phi) is 3.33. The Morgan fingerprint density at radius 2 is 1.43 bits per heavy atom. The molecule has 4 rings (SSSR count). The molecule has 2 heterocycles.